The summed E-state index contributed by atoms with van der Waals surface area (Å²) in [7, 11) is 3.05. The molecule has 0 saturated heterocycles. The van der Waals surface area contributed by atoms with Crippen LogP contribution in [-0.4, -0.2) is 29.1 Å². The molecule has 0 amide bonds. The van der Waals surface area contributed by atoms with Crippen LogP contribution in [0.5, 0.6) is 11.5 Å². The first-order valence-corrected chi connectivity index (χ1v) is 9.34. The zero-order valence-corrected chi connectivity index (χ0v) is 16.8. The van der Waals surface area contributed by atoms with Crippen LogP contribution in [0.4, 0.5) is 28.7 Å². The molecule has 156 valence electrons. The molecule has 2 N–H and O–H groups in total. The first-order chi connectivity index (χ1) is 15.1. The standard InChI is InChI=1S/C22H19N5O4/c1-30-15-10-11-18(19(12-15)31-2)26-22-20(27(28)29)21(23-13-24-22)25-17-9-5-7-14-6-3-4-8-16(14)17/h3-13H,1-2H3,(H2,23,24,25,26). The largest absolute Gasteiger partial charge is 0.497 e. The van der Waals surface area contributed by atoms with Crippen molar-refractivity contribution < 1.29 is 14.4 Å². The fraction of sp³-hybridized carbons (Fsp3) is 0.0909. The number of ether oxygens (including phenoxy) is 2. The zero-order valence-electron chi connectivity index (χ0n) is 16.8. The van der Waals surface area contributed by atoms with E-state index in [2.05, 4.69) is 20.6 Å². The molecule has 0 aliphatic carbocycles. The molecule has 0 aliphatic heterocycles. The number of nitrogens with zero attached hydrogens (tertiary/aromatic N) is 3. The quantitative estimate of drug-likeness (QED) is 0.318. The number of fused-ring (bicyclic) bond motifs is 1. The third kappa shape index (κ3) is 4.01. The Morgan fingerprint density at radius 1 is 0.871 bits per heavy atom. The van der Waals surface area contributed by atoms with Crippen molar-refractivity contribution in [3.63, 3.8) is 0 Å². The molecule has 3 aromatic carbocycles. The summed E-state index contributed by atoms with van der Waals surface area (Å²) in [4.78, 5) is 19.6. The summed E-state index contributed by atoms with van der Waals surface area (Å²) in [6.07, 6.45) is 1.26. The van der Waals surface area contributed by atoms with Gasteiger partial charge in [-0.2, -0.15) is 0 Å². The van der Waals surface area contributed by atoms with E-state index in [4.69, 9.17) is 9.47 Å². The average Bonchev–Trinajstić information content (AvgIpc) is 2.79. The predicted molar refractivity (Wildman–Crippen MR) is 119 cm³/mol. The molecule has 31 heavy (non-hydrogen) atoms. The SMILES string of the molecule is COc1ccc(Nc2ncnc(Nc3cccc4ccccc34)c2[N+](=O)[O-])c(OC)c1. The van der Waals surface area contributed by atoms with Crippen LogP contribution in [-0.2, 0) is 0 Å². The van der Waals surface area contributed by atoms with E-state index in [0.717, 1.165) is 10.8 Å². The molecule has 4 aromatic rings. The summed E-state index contributed by atoms with van der Waals surface area (Å²) in [5.41, 5.74) is 0.919. The highest BCUT2D eigenvalue weighted by Gasteiger charge is 2.24. The number of rotatable bonds is 7. The third-order valence-electron chi connectivity index (χ3n) is 4.71. The highest BCUT2D eigenvalue weighted by atomic mass is 16.6. The normalized spacial score (nSPS) is 10.5. The van der Waals surface area contributed by atoms with Crippen LogP contribution in [0.15, 0.2) is 67.0 Å². The number of nitro groups is 1. The minimum atomic E-state index is -0.522. The first-order valence-electron chi connectivity index (χ1n) is 9.34. The number of hydrogen-bond donors (Lipinski definition) is 2. The third-order valence-corrected chi connectivity index (χ3v) is 4.71. The molecule has 0 spiro atoms. The minimum absolute atomic E-state index is 0.0335. The van der Waals surface area contributed by atoms with Gasteiger partial charge in [-0.1, -0.05) is 36.4 Å². The van der Waals surface area contributed by atoms with Crippen LogP contribution < -0.4 is 20.1 Å². The van der Waals surface area contributed by atoms with Crippen molar-refractivity contribution in [1.29, 1.82) is 0 Å². The van der Waals surface area contributed by atoms with Gasteiger partial charge in [0.25, 0.3) is 0 Å². The van der Waals surface area contributed by atoms with E-state index in [1.54, 1.807) is 25.3 Å². The molecule has 9 nitrogen and oxygen atoms in total. The van der Waals surface area contributed by atoms with E-state index < -0.39 is 4.92 Å². The molecule has 0 unspecified atom stereocenters. The molecule has 1 aromatic heterocycles. The maximum Gasteiger partial charge on any atom is 0.353 e. The van der Waals surface area contributed by atoms with Crippen molar-refractivity contribution in [3.05, 3.63) is 77.1 Å². The van der Waals surface area contributed by atoms with Gasteiger partial charge in [-0.05, 0) is 23.6 Å². The van der Waals surface area contributed by atoms with Gasteiger partial charge in [0, 0.05) is 17.1 Å². The Hall–Kier alpha value is -4.40. The van der Waals surface area contributed by atoms with E-state index in [0.29, 0.717) is 22.9 Å². The average molecular weight is 417 g/mol. The van der Waals surface area contributed by atoms with E-state index in [1.807, 2.05) is 42.5 Å². The number of aromatic nitrogens is 2. The van der Waals surface area contributed by atoms with Crippen LogP contribution in [0.2, 0.25) is 0 Å². The van der Waals surface area contributed by atoms with E-state index in [9.17, 15) is 10.1 Å². The predicted octanol–water partition coefficient (Wildman–Crippen LogP) is 5.04. The Kier molecular flexibility index (Phi) is 5.48. The van der Waals surface area contributed by atoms with Gasteiger partial charge in [-0.3, -0.25) is 10.1 Å². The Labute approximate surface area is 177 Å². The minimum Gasteiger partial charge on any atom is -0.497 e. The summed E-state index contributed by atoms with van der Waals surface area (Å²) < 4.78 is 10.6. The Balaban J connectivity index is 1.75. The monoisotopic (exact) mass is 417 g/mol. The zero-order chi connectivity index (χ0) is 21.8. The van der Waals surface area contributed by atoms with Crippen molar-refractivity contribution in [3.8, 4) is 11.5 Å². The van der Waals surface area contributed by atoms with E-state index >= 15 is 0 Å². The summed E-state index contributed by atoms with van der Waals surface area (Å²) in [5, 5.41) is 19.9. The maximum atomic E-state index is 11.9. The molecule has 0 saturated carbocycles. The molecule has 9 heteroatoms. The summed E-state index contributed by atoms with van der Waals surface area (Å²) in [5.74, 6) is 1.16. The second-order valence-corrected chi connectivity index (χ2v) is 6.52. The Morgan fingerprint density at radius 3 is 2.29 bits per heavy atom. The molecule has 4 rings (SSSR count). The van der Waals surface area contributed by atoms with Crippen molar-refractivity contribution in [2.45, 2.75) is 0 Å². The molecule has 0 radical (unpaired) electrons. The number of nitrogens with one attached hydrogen (secondary N) is 2. The Morgan fingerprint density at radius 2 is 1.58 bits per heavy atom. The van der Waals surface area contributed by atoms with Crippen LogP contribution in [0.1, 0.15) is 0 Å². The van der Waals surface area contributed by atoms with E-state index in [-0.39, 0.29) is 17.3 Å². The van der Waals surface area contributed by atoms with Gasteiger partial charge in [-0.15, -0.1) is 0 Å². The topological polar surface area (TPSA) is 111 Å². The summed E-state index contributed by atoms with van der Waals surface area (Å²) in [6, 6.07) is 18.5. The van der Waals surface area contributed by atoms with Crippen molar-refractivity contribution in [2.75, 3.05) is 24.9 Å². The fourth-order valence-corrected chi connectivity index (χ4v) is 3.23. The van der Waals surface area contributed by atoms with Crippen molar-refractivity contribution >= 4 is 39.5 Å². The highest BCUT2D eigenvalue weighted by molar-refractivity contribution is 5.96. The molecular weight excluding hydrogens is 398 g/mol. The second kappa shape index (κ2) is 8.54. The number of methoxy groups -OCH3 is 2. The van der Waals surface area contributed by atoms with Crippen LogP contribution >= 0.6 is 0 Å². The lowest BCUT2D eigenvalue weighted by Gasteiger charge is -2.14. The molecule has 0 atom stereocenters. The summed E-state index contributed by atoms with van der Waals surface area (Å²) >= 11 is 0. The second-order valence-electron chi connectivity index (χ2n) is 6.52. The highest BCUT2D eigenvalue weighted by Crippen LogP contribution is 2.37. The lowest BCUT2D eigenvalue weighted by Crippen LogP contribution is -2.06. The van der Waals surface area contributed by atoms with Gasteiger partial charge >= 0.3 is 5.69 Å². The van der Waals surface area contributed by atoms with Gasteiger partial charge in [0.05, 0.1) is 24.8 Å². The smallest absolute Gasteiger partial charge is 0.353 e. The first kappa shape index (κ1) is 19.9. The molecule has 1 heterocycles. The summed E-state index contributed by atoms with van der Waals surface area (Å²) in [6.45, 7) is 0. The lowest BCUT2D eigenvalue weighted by molar-refractivity contribution is -0.383. The number of benzene rings is 3. The molecule has 0 bridgehead atoms. The van der Waals surface area contributed by atoms with Crippen LogP contribution in [0.25, 0.3) is 10.8 Å². The van der Waals surface area contributed by atoms with Crippen LogP contribution in [0.3, 0.4) is 0 Å². The Bertz CT molecular complexity index is 1260. The van der Waals surface area contributed by atoms with Gasteiger partial charge in [0.1, 0.15) is 17.8 Å². The fourth-order valence-electron chi connectivity index (χ4n) is 3.23. The van der Waals surface area contributed by atoms with Gasteiger partial charge < -0.3 is 20.1 Å². The van der Waals surface area contributed by atoms with E-state index in [1.165, 1.54) is 13.4 Å². The molecule has 0 fully saturated rings. The number of hydrogen-bond acceptors (Lipinski definition) is 8. The van der Waals surface area contributed by atoms with Gasteiger partial charge in [-0.25, -0.2) is 9.97 Å². The van der Waals surface area contributed by atoms with Crippen LogP contribution in [0, 0.1) is 10.1 Å². The molecule has 0 aliphatic rings. The number of anilines is 4. The van der Waals surface area contributed by atoms with Gasteiger partial charge in [0.2, 0.25) is 11.6 Å². The van der Waals surface area contributed by atoms with Crippen molar-refractivity contribution in [2.24, 2.45) is 0 Å². The molecular formula is C22H19N5O4. The lowest BCUT2D eigenvalue weighted by atomic mass is 10.1. The van der Waals surface area contributed by atoms with Gasteiger partial charge in [0.15, 0.2) is 0 Å². The van der Waals surface area contributed by atoms with Crippen molar-refractivity contribution in [1.82, 2.24) is 9.97 Å². The maximum absolute atomic E-state index is 11.9.